The quantitative estimate of drug-likeness (QED) is 0.433. The van der Waals surface area contributed by atoms with E-state index in [1.165, 1.54) is 12.7 Å². The third-order valence-electron chi connectivity index (χ3n) is 4.18. The van der Waals surface area contributed by atoms with Crippen molar-refractivity contribution in [3.8, 4) is 0 Å². The molecule has 4 heteroatoms. The van der Waals surface area contributed by atoms with Crippen molar-refractivity contribution in [3.63, 3.8) is 0 Å². The Hall–Kier alpha value is -0.880. The number of benzene rings is 1. The molecule has 0 bridgehead atoms. The van der Waals surface area contributed by atoms with Crippen molar-refractivity contribution in [2.45, 2.75) is 18.3 Å². The third kappa shape index (κ3) is 2.10. The average Bonchev–Trinajstić information content (AvgIpc) is 2.77. The van der Waals surface area contributed by atoms with Crippen LogP contribution >= 0.6 is 22.9 Å². The van der Waals surface area contributed by atoms with Crippen LogP contribution in [0.25, 0.3) is 5.57 Å². The number of halogens is 1. The van der Waals surface area contributed by atoms with Crippen LogP contribution in [0.4, 0.5) is 0 Å². The van der Waals surface area contributed by atoms with Crippen molar-refractivity contribution in [2.75, 3.05) is 20.2 Å². The van der Waals surface area contributed by atoms with E-state index in [2.05, 4.69) is 44.2 Å². The van der Waals surface area contributed by atoms with Gasteiger partial charge in [0, 0.05) is 41.4 Å². The van der Waals surface area contributed by atoms with Crippen molar-refractivity contribution < 1.29 is 9.53 Å². The molecule has 1 aromatic carbocycles. The monoisotopic (exact) mass is 369 g/mol. The molecule has 1 saturated heterocycles. The largest absolute Gasteiger partial charge is 0.465 e. The van der Waals surface area contributed by atoms with Crippen LogP contribution < -0.4 is 0 Å². The van der Waals surface area contributed by atoms with Gasteiger partial charge in [-0.1, -0.05) is 30.3 Å². The minimum atomic E-state index is -0.221. The number of methoxy groups -OCH3 is 1. The summed E-state index contributed by atoms with van der Waals surface area (Å²) in [5.41, 5.74) is 3.11. The maximum Gasteiger partial charge on any atom is 0.338 e. The van der Waals surface area contributed by atoms with E-state index in [0.29, 0.717) is 0 Å². The molecule has 0 saturated carbocycles. The molecule has 1 fully saturated rings. The van der Waals surface area contributed by atoms with Crippen molar-refractivity contribution in [2.24, 2.45) is 0 Å². The van der Waals surface area contributed by atoms with E-state index >= 15 is 0 Å². The highest BCUT2D eigenvalue weighted by Gasteiger charge is 2.41. The van der Waals surface area contributed by atoms with Gasteiger partial charge in [0.15, 0.2) is 0 Å². The van der Waals surface area contributed by atoms with Gasteiger partial charge in [0.05, 0.1) is 12.7 Å². The number of fused-ring (bicyclic) bond motifs is 2. The number of allylic oxidation sites excluding steroid dienone is 1. The Bertz CT molecular complexity index is 545. The number of esters is 1. The van der Waals surface area contributed by atoms with Crippen LogP contribution in [0.1, 0.15) is 24.0 Å². The van der Waals surface area contributed by atoms with Crippen LogP contribution in [0.5, 0.6) is 0 Å². The Morgan fingerprint density at radius 2 is 2.00 bits per heavy atom. The summed E-state index contributed by atoms with van der Waals surface area (Å²) in [6.45, 7) is 2.11. The topological polar surface area (TPSA) is 29.5 Å². The second-order valence-corrected chi connectivity index (χ2v) is 6.53. The van der Waals surface area contributed by atoms with E-state index in [4.69, 9.17) is 4.74 Å². The minimum Gasteiger partial charge on any atom is -0.465 e. The highest BCUT2D eigenvalue weighted by molar-refractivity contribution is 14.1. The lowest BCUT2D eigenvalue weighted by atomic mass is 9.75. The van der Waals surface area contributed by atoms with Gasteiger partial charge in [-0.2, -0.15) is 0 Å². The highest BCUT2D eigenvalue weighted by atomic mass is 127. The van der Waals surface area contributed by atoms with Gasteiger partial charge >= 0.3 is 5.97 Å². The fourth-order valence-electron chi connectivity index (χ4n) is 3.15. The van der Waals surface area contributed by atoms with Crippen LogP contribution in [-0.4, -0.2) is 29.3 Å². The molecular weight excluding hydrogens is 353 g/mol. The lowest BCUT2D eigenvalue weighted by molar-refractivity contribution is -0.133. The fourth-order valence-corrected chi connectivity index (χ4v) is 3.64. The van der Waals surface area contributed by atoms with E-state index in [9.17, 15) is 4.79 Å². The van der Waals surface area contributed by atoms with E-state index < -0.39 is 0 Å². The average molecular weight is 369 g/mol. The fraction of sp³-hybridized carbons (Fsp3) is 0.400. The lowest BCUT2D eigenvalue weighted by Gasteiger charge is -2.36. The molecular formula is C15H16INO2. The summed E-state index contributed by atoms with van der Waals surface area (Å²) >= 11 is 2.37. The molecule has 0 amide bonds. The Morgan fingerprint density at radius 1 is 1.32 bits per heavy atom. The number of rotatable bonds is 1. The molecule has 3 nitrogen and oxygen atoms in total. The summed E-state index contributed by atoms with van der Waals surface area (Å²) in [7, 11) is 1.45. The molecule has 3 rings (SSSR count). The molecule has 100 valence electrons. The van der Waals surface area contributed by atoms with Crippen LogP contribution in [-0.2, 0) is 14.9 Å². The van der Waals surface area contributed by atoms with Gasteiger partial charge in [0.1, 0.15) is 0 Å². The van der Waals surface area contributed by atoms with E-state index in [1.807, 2.05) is 12.1 Å². The van der Waals surface area contributed by atoms with Crippen LogP contribution in [0.3, 0.4) is 0 Å². The zero-order valence-corrected chi connectivity index (χ0v) is 13.0. The zero-order valence-electron chi connectivity index (χ0n) is 10.9. The first kappa shape index (κ1) is 13.1. The number of carbonyl (C=O) groups is 1. The maximum absolute atomic E-state index is 12.0. The van der Waals surface area contributed by atoms with Crippen molar-refractivity contribution >= 4 is 34.4 Å². The zero-order chi connectivity index (χ0) is 13.5. The normalized spacial score (nSPS) is 21.1. The summed E-state index contributed by atoms with van der Waals surface area (Å²) in [6, 6.07) is 8.24. The molecule has 1 aromatic rings. The van der Waals surface area contributed by atoms with Gasteiger partial charge in [-0.25, -0.2) is 7.91 Å². The van der Waals surface area contributed by atoms with Gasteiger partial charge in [0.25, 0.3) is 0 Å². The lowest BCUT2D eigenvalue weighted by Crippen LogP contribution is -2.36. The molecule has 1 aliphatic heterocycles. The molecule has 0 unspecified atom stereocenters. The molecule has 0 N–H and O–H groups in total. The number of piperidine rings is 1. The SMILES string of the molecule is COC(=O)C1=CC2(CCN(I)CC2)c2ccccc21. The first-order valence-electron chi connectivity index (χ1n) is 6.48. The smallest absolute Gasteiger partial charge is 0.338 e. The Labute approximate surface area is 127 Å². The number of ether oxygens (including phenoxy) is 1. The number of carbonyl (C=O) groups excluding carboxylic acids is 1. The molecule has 0 aromatic heterocycles. The molecule has 0 radical (unpaired) electrons. The molecule has 0 atom stereocenters. The molecule has 1 spiro atoms. The van der Waals surface area contributed by atoms with Crippen LogP contribution in [0.2, 0.25) is 0 Å². The van der Waals surface area contributed by atoms with Crippen LogP contribution in [0.15, 0.2) is 30.3 Å². The number of nitrogens with zero attached hydrogens (tertiary/aromatic N) is 1. The van der Waals surface area contributed by atoms with E-state index in [0.717, 1.165) is 37.1 Å². The minimum absolute atomic E-state index is 0.0296. The van der Waals surface area contributed by atoms with Crippen molar-refractivity contribution in [1.29, 1.82) is 0 Å². The third-order valence-corrected chi connectivity index (χ3v) is 5.15. The predicted octanol–water partition coefficient (Wildman–Crippen LogP) is 2.94. The first-order chi connectivity index (χ1) is 9.16. The summed E-state index contributed by atoms with van der Waals surface area (Å²) in [5, 5.41) is 0. The van der Waals surface area contributed by atoms with Gasteiger partial charge in [-0.3, -0.25) is 0 Å². The Balaban J connectivity index is 2.07. The molecule has 19 heavy (non-hydrogen) atoms. The standard InChI is InChI=1S/C15H16INO2/c1-19-14(18)12-10-15(6-8-17(16)9-7-15)13-5-3-2-4-11(12)13/h2-5,10H,6-9H2,1H3. The highest BCUT2D eigenvalue weighted by Crippen LogP contribution is 2.47. The maximum atomic E-state index is 12.0. The number of hydrogen-bond donors (Lipinski definition) is 0. The van der Waals surface area contributed by atoms with E-state index in [1.54, 1.807) is 0 Å². The van der Waals surface area contributed by atoms with Crippen molar-refractivity contribution in [1.82, 2.24) is 3.11 Å². The summed E-state index contributed by atoms with van der Waals surface area (Å²) in [4.78, 5) is 12.0. The Kier molecular flexibility index (Phi) is 3.39. The Morgan fingerprint density at radius 3 is 2.68 bits per heavy atom. The van der Waals surface area contributed by atoms with Gasteiger partial charge in [-0.05, 0) is 24.0 Å². The summed E-state index contributed by atoms with van der Waals surface area (Å²) in [5.74, 6) is -0.221. The summed E-state index contributed by atoms with van der Waals surface area (Å²) in [6.07, 6.45) is 4.27. The van der Waals surface area contributed by atoms with E-state index in [-0.39, 0.29) is 11.4 Å². The molecule has 2 aliphatic rings. The summed E-state index contributed by atoms with van der Waals surface area (Å²) < 4.78 is 7.24. The van der Waals surface area contributed by atoms with Crippen LogP contribution in [0, 0.1) is 0 Å². The number of hydrogen-bond acceptors (Lipinski definition) is 3. The first-order valence-corrected chi connectivity index (χ1v) is 7.44. The predicted molar refractivity (Wildman–Crippen MR) is 82.9 cm³/mol. The van der Waals surface area contributed by atoms with Gasteiger partial charge in [-0.15, -0.1) is 0 Å². The van der Waals surface area contributed by atoms with Gasteiger partial charge < -0.3 is 4.74 Å². The van der Waals surface area contributed by atoms with Crippen molar-refractivity contribution in [3.05, 3.63) is 41.5 Å². The molecule has 1 aliphatic carbocycles. The second-order valence-electron chi connectivity index (χ2n) is 5.16. The second kappa shape index (κ2) is 4.90. The van der Waals surface area contributed by atoms with Gasteiger partial charge in [0.2, 0.25) is 0 Å². The molecule has 1 heterocycles.